The fraction of sp³-hybridized carbons (Fsp3) is 0.778. The number of nitrogens with zero attached hydrogens (tertiary/aromatic N) is 3. The van der Waals surface area contributed by atoms with Crippen LogP contribution in [-0.2, 0) is 6.54 Å². The van der Waals surface area contributed by atoms with Crippen LogP contribution in [-0.4, -0.2) is 34.2 Å². The third-order valence-electron chi connectivity index (χ3n) is 3.45. The molecule has 14 heavy (non-hydrogen) atoms. The third kappa shape index (κ3) is 1.24. The van der Waals surface area contributed by atoms with Crippen LogP contribution in [0.15, 0.2) is 10.9 Å². The SMILES string of the molecule is NC1C2CC1CN(Cc1ncno1)C2. The van der Waals surface area contributed by atoms with Crippen molar-refractivity contribution in [2.24, 2.45) is 17.6 Å². The standard InChI is InChI=1S/C9H14N4O/c10-9-6-1-7(9)3-13(2-6)4-8-11-5-12-14-8/h5-7,9H,1-4,10H2. The second-order valence-corrected chi connectivity index (χ2v) is 4.36. The second kappa shape index (κ2) is 3.03. The van der Waals surface area contributed by atoms with Crippen LogP contribution in [0.3, 0.4) is 0 Å². The van der Waals surface area contributed by atoms with Gasteiger partial charge in [0.2, 0.25) is 5.89 Å². The van der Waals surface area contributed by atoms with E-state index in [0.717, 1.165) is 19.6 Å². The molecule has 5 nitrogen and oxygen atoms in total. The molecule has 1 aromatic heterocycles. The monoisotopic (exact) mass is 194 g/mol. The predicted molar refractivity (Wildman–Crippen MR) is 49.1 cm³/mol. The van der Waals surface area contributed by atoms with Gasteiger partial charge >= 0.3 is 0 Å². The minimum Gasteiger partial charge on any atom is -0.338 e. The molecular weight excluding hydrogens is 180 g/mol. The van der Waals surface area contributed by atoms with E-state index in [9.17, 15) is 0 Å². The molecule has 3 aliphatic rings. The summed E-state index contributed by atoms with van der Waals surface area (Å²) >= 11 is 0. The summed E-state index contributed by atoms with van der Waals surface area (Å²) in [5.74, 6) is 2.09. The van der Waals surface area contributed by atoms with E-state index in [-0.39, 0.29) is 0 Å². The van der Waals surface area contributed by atoms with Gasteiger partial charge in [-0.2, -0.15) is 4.98 Å². The number of piperidine rings is 2. The smallest absolute Gasteiger partial charge is 0.240 e. The van der Waals surface area contributed by atoms with Crippen LogP contribution < -0.4 is 5.73 Å². The number of fused-ring (bicyclic) bond motifs is 2. The van der Waals surface area contributed by atoms with Gasteiger partial charge in [0.05, 0.1) is 6.54 Å². The Morgan fingerprint density at radius 3 is 2.86 bits per heavy atom. The van der Waals surface area contributed by atoms with E-state index >= 15 is 0 Å². The summed E-state index contributed by atoms with van der Waals surface area (Å²) in [7, 11) is 0. The first-order chi connectivity index (χ1) is 6.83. The van der Waals surface area contributed by atoms with Gasteiger partial charge in [0.25, 0.3) is 0 Å². The number of aromatic nitrogens is 2. The molecule has 0 radical (unpaired) electrons. The van der Waals surface area contributed by atoms with Crippen molar-refractivity contribution >= 4 is 0 Å². The highest BCUT2D eigenvalue weighted by molar-refractivity contribution is 5.00. The fourth-order valence-corrected chi connectivity index (χ4v) is 2.61. The minimum atomic E-state index is 0.439. The Labute approximate surface area is 82.3 Å². The summed E-state index contributed by atoms with van der Waals surface area (Å²) in [5, 5.41) is 3.60. The molecule has 3 heterocycles. The molecule has 2 unspecified atom stereocenters. The summed E-state index contributed by atoms with van der Waals surface area (Å²) in [4.78, 5) is 6.38. The van der Waals surface area contributed by atoms with Crippen LogP contribution in [0.4, 0.5) is 0 Å². The molecule has 1 aromatic rings. The number of rotatable bonds is 2. The van der Waals surface area contributed by atoms with Gasteiger partial charge in [-0.1, -0.05) is 5.16 Å². The molecule has 4 rings (SSSR count). The third-order valence-corrected chi connectivity index (χ3v) is 3.45. The summed E-state index contributed by atoms with van der Waals surface area (Å²) < 4.78 is 4.98. The van der Waals surface area contributed by atoms with Crippen LogP contribution in [0, 0.1) is 11.8 Å². The fourth-order valence-electron chi connectivity index (χ4n) is 2.61. The highest BCUT2D eigenvalue weighted by atomic mass is 16.5. The molecule has 2 N–H and O–H groups in total. The highest BCUT2D eigenvalue weighted by Crippen LogP contribution is 2.38. The first kappa shape index (κ1) is 8.38. The van der Waals surface area contributed by atoms with Gasteiger partial charge in [-0.15, -0.1) is 0 Å². The molecule has 1 aliphatic carbocycles. The Hall–Kier alpha value is -0.940. The topological polar surface area (TPSA) is 68.2 Å². The van der Waals surface area contributed by atoms with E-state index in [1.165, 1.54) is 12.7 Å². The van der Waals surface area contributed by atoms with E-state index in [1.807, 2.05) is 0 Å². The zero-order valence-electron chi connectivity index (χ0n) is 7.97. The first-order valence-corrected chi connectivity index (χ1v) is 5.06. The summed E-state index contributed by atoms with van der Waals surface area (Å²) in [6.45, 7) is 2.94. The highest BCUT2D eigenvalue weighted by Gasteiger charge is 2.44. The van der Waals surface area contributed by atoms with E-state index in [2.05, 4.69) is 15.0 Å². The molecule has 1 saturated carbocycles. The van der Waals surface area contributed by atoms with Crippen LogP contribution in [0.2, 0.25) is 0 Å². The Bertz CT molecular complexity index is 301. The van der Waals surface area contributed by atoms with Gasteiger partial charge in [-0.05, 0) is 18.3 Å². The molecular formula is C9H14N4O. The van der Waals surface area contributed by atoms with Crippen LogP contribution in [0.5, 0.6) is 0 Å². The molecule has 5 heteroatoms. The lowest BCUT2D eigenvalue weighted by molar-refractivity contribution is -0.00580. The quantitative estimate of drug-likeness (QED) is 0.709. The van der Waals surface area contributed by atoms with Crippen molar-refractivity contribution in [1.29, 1.82) is 0 Å². The largest absolute Gasteiger partial charge is 0.338 e. The number of nitrogens with two attached hydrogens (primary N) is 1. The average molecular weight is 194 g/mol. The van der Waals surface area contributed by atoms with Crippen LogP contribution in [0.1, 0.15) is 12.3 Å². The molecule has 0 aromatic carbocycles. The normalized spacial score (nSPS) is 36.8. The van der Waals surface area contributed by atoms with Gasteiger partial charge in [-0.25, -0.2) is 0 Å². The van der Waals surface area contributed by atoms with E-state index in [1.54, 1.807) is 0 Å². The molecule has 2 aliphatic heterocycles. The number of hydrogen-bond acceptors (Lipinski definition) is 5. The predicted octanol–water partition coefficient (Wildman–Crippen LogP) is -0.151. The van der Waals surface area contributed by atoms with Crippen molar-refractivity contribution in [3.8, 4) is 0 Å². The summed E-state index contributed by atoms with van der Waals surface area (Å²) in [6.07, 6.45) is 2.76. The van der Waals surface area contributed by atoms with Crippen molar-refractivity contribution in [1.82, 2.24) is 15.0 Å². The molecule has 3 fully saturated rings. The summed E-state index contributed by atoms with van der Waals surface area (Å²) in [5.41, 5.74) is 5.99. The zero-order chi connectivity index (χ0) is 9.54. The lowest BCUT2D eigenvalue weighted by Gasteiger charge is -2.51. The molecule has 76 valence electrons. The average Bonchev–Trinajstić information content (AvgIpc) is 2.70. The maximum Gasteiger partial charge on any atom is 0.240 e. The van der Waals surface area contributed by atoms with Gasteiger partial charge < -0.3 is 10.3 Å². The molecule has 2 saturated heterocycles. The van der Waals surface area contributed by atoms with Crippen LogP contribution in [0.25, 0.3) is 0 Å². The Morgan fingerprint density at radius 1 is 1.50 bits per heavy atom. The maximum absolute atomic E-state index is 5.99. The van der Waals surface area contributed by atoms with Gasteiger partial charge in [0, 0.05) is 19.1 Å². The van der Waals surface area contributed by atoms with Crippen molar-refractivity contribution in [2.45, 2.75) is 19.0 Å². The van der Waals surface area contributed by atoms with Crippen molar-refractivity contribution in [2.75, 3.05) is 13.1 Å². The first-order valence-electron chi connectivity index (χ1n) is 5.06. The zero-order valence-corrected chi connectivity index (χ0v) is 7.97. The number of hydrogen-bond donors (Lipinski definition) is 1. The van der Waals surface area contributed by atoms with E-state index in [4.69, 9.17) is 10.3 Å². The lowest BCUT2D eigenvalue weighted by atomic mass is 9.67. The van der Waals surface area contributed by atoms with Crippen molar-refractivity contribution in [3.05, 3.63) is 12.2 Å². The Morgan fingerprint density at radius 2 is 2.29 bits per heavy atom. The Kier molecular flexibility index (Phi) is 1.81. The van der Waals surface area contributed by atoms with Gasteiger partial charge in [0.15, 0.2) is 6.33 Å². The lowest BCUT2D eigenvalue weighted by Crippen LogP contribution is -2.61. The van der Waals surface area contributed by atoms with Crippen molar-refractivity contribution in [3.63, 3.8) is 0 Å². The minimum absolute atomic E-state index is 0.439. The van der Waals surface area contributed by atoms with Crippen molar-refractivity contribution < 1.29 is 4.52 Å². The molecule has 0 amide bonds. The van der Waals surface area contributed by atoms with E-state index < -0.39 is 0 Å². The van der Waals surface area contributed by atoms with Gasteiger partial charge in [-0.3, -0.25) is 4.90 Å². The molecule has 2 bridgehead atoms. The maximum atomic E-state index is 5.99. The second-order valence-electron chi connectivity index (χ2n) is 4.36. The summed E-state index contributed by atoms with van der Waals surface area (Å²) in [6, 6.07) is 0.439. The Balaban J connectivity index is 1.61. The van der Waals surface area contributed by atoms with Gasteiger partial charge in [0.1, 0.15) is 0 Å². The molecule has 2 atom stereocenters. The molecule has 0 spiro atoms. The van der Waals surface area contributed by atoms with Crippen LogP contribution >= 0.6 is 0 Å². The van der Waals surface area contributed by atoms with E-state index in [0.29, 0.717) is 23.8 Å².